The van der Waals surface area contributed by atoms with Crippen LogP contribution in [0.2, 0.25) is 0 Å². The molecule has 0 heterocycles. The predicted octanol–water partition coefficient (Wildman–Crippen LogP) is 0.940. The summed E-state index contributed by atoms with van der Waals surface area (Å²) in [5.74, 6) is -0.421. The summed E-state index contributed by atoms with van der Waals surface area (Å²) < 4.78 is 23.8. The molecule has 0 spiro atoms. The lowest BCUT2D eigenvalue weighted by atomic mass is 9.87. The highest BCUT2D eigenvalue weighted by Crippen LogP contribution is 2.23. The van der Waals surface area contributed by atoms with Crippen LogP contribution in [0.5, 0.6) is 0 Å². The minimum absolute atomic E-state index is 0.0502. The standard InChI is InChI=1S/C13H20N2O4S/c1-13(2,3)10-5-7-11(8-6-10)20(17,18)15-19-9-12(16)14-4/h5-8,15H,9H2,1-4H3,(H,14,16). The van der Waals surface area contributed by atoms with Crippen molar-refractivity contribution in [1.82, 2.24) is 10.2 Å². The van der Waals surface area contributed by atoms with Crippen LogP contribution < -0.4 is 10.2 Å². The molecule has 7 heteroatoms. The van der Waals surface area contributed by atoms with E-state index in [0.29, 0.717) is 0 Å². The molecular formula is C13H20N2O4S. The molecule has 20 heavy (non-hydrogen) atoms. The smallest absolute Gasteiger partial charge is 0.262 e. The lowest BCUT2D eigenvalue weighted by molar-refractivity contribution is -0.126. The molecule has 0 aliphatic heterocycles. The van der Waals surface area contributed by atoms with Crippen molar-refractivity contribution in [3.05, 3.63) is 29.8 Å². The Morgan fingerprint density at radius 3 is 2.20 bits per heavy atom. The quantitative estimate of drug-likeness (QED) is 0.793. The van der Waals surface area contributed by atoms with E-state index in [1.165, 1.54) is 19.2 Å². The van der Waals surface area contributed by atoms with E-state index in [9.17, 15) is 13.2 Å². The van der Waals surface area contributed by atoms with Gasteiger partial charge in [-0.25, -0.2) is 8.42 Å². The SMILES string of the molecule is CNC(=O)CONS(=O)(=O)c1ccc(C(C)(C)C)cc1. The normalized spacial score (nSPS) is 12.2. The Balaban J connectivity index is 2.76. The lowest BCUT2D eigenvalue weighted by Crippen LogP contribution is -2.31. The molecular weight excluding hydrogens is 280 g/mol. The number of benzene rings is 1. The van der Waals surface area contributed by atoms with Gasteiger partial charge in [0.2, 0.25) is 5.91 Å². The van der Waals surface area contributed by atoms with Gasteiger partial charge in [-0.2, -0.15) is 0 Å². The fourth-order valence-electron chi connectivity index (χ4n) is 1.43. The number of hydrogen-bond donors (Lipinski definition) is 2. The maximum Gasteiger partial charge on any atom is 0.262 e. The van der Waals surface area contributed by atoms with Crippen molar-refractivity contribution in [1.29, 1.82) is 0 Å². The zero-order chi connectivity index (χ0) is 15.4. The summed E-state index contributed by atoms with van der Waals surface area (Å²) >= 11 is 0. The maximum absolute atomic E-state index is 11.9. The van der Waals surface area contributed by atoms with Gasteiger partial charge in [0.15, 0.2) is 0 Å². The van der Waals surface area contributed by atoms with E-state index in [1.807, 2.05) is 25.7 Å². The third-order valence-electron chi connectivity index (χ3n) is 2.68. The molecule has 0 saturated carbocycles. The van der Waals surface area contributed by atoms with Gasteiger partial charge >= 0.3 is 0 Å². The van der Waals surface area contributed by atoms with Crippen LogP contribution >= 0.6 is 0 Å². The molecule has 1 aromatic rings. The Hall–Kier alpha value is -1.44. The maximum atomic E-state index is 11.9. The molecule has 1 amide bonds. The van der Waals surface area contributed by atoms with Gasteiger partial charge in [0, 0.05) is 7.05 Å². The topological polar surface area (TPSA) is 84.5 Å². The van der Waals surface area contributed by atoms with Gasteiger partial charge in [0.1, 0.15) is 6.61 Å². The number of hydrogen-bond acceptors (Lipinski definition) is 4. The number of carbonyl (C=O) groups is 1. The third-order valence-corrected chi connectivity index (χ3v) is 3.91. The molecule has 1 aromatic carbocycles. The summed E-state index contributed by atoms with van der Waals surface area (Å²) in [6.07, 6.45) is 0. The molecule has 0 aromatic heterocycles. The van der Waals surface area contributed by atoms with Gasteiger partial charge in [-0.15, -0.1) is 0 Å². The minimum atomic E-state index is -3.78. The van der Waals surface area contributed by atoms with Gasteiger partial charge in [-0.3, -0.25) is 9.63 Å². The summed E-state index contributed by atoms with van der Waals surface area (Å²) in [7, 11) is -2.34. The number of carbonyl (C=O) groups excluding carboxylic acids is 1. The fraction of sp³-hybridized carbons (Fsp3) is 0.462. The van der Waals surface area contributed by atoms with E-state index >= 15 is 0 Å². The van der Waals surface area contributed by atoms with Gasteiger partial charge in [-0.05, 0) is 23.1 Å². The summed E-state index contributed by atoms with van der Waals surface area (Å²) in [4.78, 5) is 17.6. The van der Waals surface area contributed by atoms with E-state index in [4.69, 9.17) is 0 Å². The van der Waals surface area contributed by atoms with E-state index in [0.717, 1.165) is 5.56 Å². The molecule has 0 saturated heterocycles. The highest BCUT2D eigenvalue weighted by molar-refractivity contribution is 7.89. The van der Waals surface area contributed by atoms with Crippen LogP contribution in [0, 0.1) is 0 Å². The summed E-state index contributed by atoms with van der Waals surface area (Å²) in [6.45, 7) is 5.75. The number of sulfonamides is 1. The second kappa shape index (κ2) is 6.34. The highest BCUT2D eigenvalue weighted by Gasteiger charge is 2.17. The molecule has 0 radical (unpaired) electrons. The zero-order valence-corrected chi connectivity index (χ0v) is 12.9. The Morgan fingerprint density at radius 1 is 1.20 bits per heavy atom. The monoisotopic (exact) mass is 300 g/mol. The number of nitrogens with one attached hydrogen (secondary N) is 2. The fourth-order valence-corrected chi connectivity index (χ4v) is 2.23. The van der Waals surface area contributed by atoms with Gasteiger partial charge in [0.05, 0.1) is 4.90 Å². The molecule has 0 aliphatic rings. The number of likely N-dealkylation sites (N-methyl/N-ethyl adjacent to an activating group) is 1. The second-order valence-electron chi connectivity index (χ2n) is 5.32. The zero-order valence-electron chi connectivity index (χ0n) is 12.1. The number of amides is 1. The number of rotatable bonds is 5. The molecule has 0 unspecified atom stereocenters. The molecule has 6 nitrogen and oxygen atoms in total. The predicted molar refractivity (Wildman–Crippen MR) is 75.5 cm³/mol. The van der Waals surface area contributed by atoms with Crippen molar-refractivity contribution in [3.63, 3.8) is 0 Å². The van der Waals surface area contributed by atoms with E-state index < -0.39 is 15.9 Å². The molecule has 112 valence electrons. The van der Waals surface area contributed by atoms with Crippen molar-refractivity contribution in [2.24, 2.45) is 0 Å². The molecule has 0 fully saturated rings. The van der Waals surface area contributed by atoms with Crippen molar-refractivity contribution in [2.75, 3.05) is 13.7 Å². The molecule has 0 aliphatic carbocycles. The van der Waals surface area contributed by atoms with E-state index in [1.54, 1.807) is 12.1 Å². The lowest BCUT2D eigenvalue weighted by Gasteiger charge is -2.19. The first-order valence-corrected chi connectivity index (χ1v) is 7.60. The first-order chi connectivity index (χ1) is 9.16. The average Bonchev–Trinajstić information content (AvgIpc) is 2.37. The first kappa shape index (κ1) is 16.6. The Labute approximate surface area is 119 Å². The van der Waals surface area contributed by atoms with Crippen molar-refractivity contribution in [3.8, 4) is 0 Å². The van der Waals surface area contributed by atoms with Crippen molar-refractivity contribution < 1.29 is 18.0 Å². The van der Waals surface area contributed by atoms with E-state index in [-0.39, 0.29) is 16.9 Å². The second-order valence-corrected chi connectivity index (χ2v) is 6.97. The largest absolute Gasteiger partial charge is 0.357 e. The van der Waals surface area contributed by atoms with Crippen LogP contribution in [-0.2, 0) is 25.1 Å². The summed E-state index contributed by atoms with van der Waals surface area (Å²) in [5, 5.41) is 2.32. The van der Waals surface area contributed by atoms with Crippen LogP contribution in [-0.4, -0.2) is 28.0 Å². The van der Waals surface area contributed by atoms with E-state index in [2.05, 4.69) is 10.2 Å². The average molecular weight is 300 g/mol. The van der Waals surface area contributed by atoms with Crippen LogP contribution in [0.3, 0.4) is 0 Å². The van der Waals surface area contributed by atoms with Crippen LogP contribution in [0.4, 0.5) is 0 Å². The Morgan fingerprint density at radius 2 is 1.75 bits per heavy atom. The third kappa shape index (κ3) is 4.59. The van der Waals surface area contributed by atoms with Gasteiger partial charge < -0.3 is 5.32 Å². The van der Waals surface area contributed by atoms with Crippen LogP contribution in [0.25, 0.3) is 0 Å². The van der Waals surface area contributed by atoms with Gasteiger partial charge in [-0.1, -0.05) is 37.8 Å². The molecule has 2 N–H and O–H groups in total. The van der Waals surface area contributed by atoms with Crippen molar-refractivity contribution in [2.45, 2.75) is 31.1 Å². The molecule has 0 atom stereocenters. The summed E-state index contributed by atoms with van der Waals surface area (Å²) in [5.41, 5.74) is 0.980. The molecule has 1 rings (SSSR count). The molecule has 0 bridgehead atoms. The summed E-state index contributed by atoms with van der Waals surface area (Å²) in [6, 6.07) is 6.53. The first-order valence-electron chi connectivity index (χ1n) is 6.11. The Kier molecular flexibility index (Phi) is 5.27. The van der Waals surface area contributed by atoms with Crippen LogP contribution in [0.15, 0.2) is 29.2 Å². The van der Waals surface area contributed by atoms with Gasteiger partial charge in [0.25, 0.3) is 10.0 Å². The van der Waals surface area contributed by atoms with Crippen molar-refractivity contribution >= 4 is 15.9 Å². The Bertz CT molecular complexity index is 559. The highest BCUT2D eigenvalue weighted by atomic mass is 32.2. The minimum Gasteiger partial charge on any atom is -0.357 e. The van der Waals surface area contributed by atoms with Crippen LogP contribution in [0.1, 0.15) is 26.3 Å².